The molecular weight excluding hydrogens is 324 g/mol. The molecule has 3 aromatic rings. The fourth-order valence-corrected chi connectivity index (χ4v) is 3.04. The van der Waals surface area contributed by atoms with E-state index in [0.717, 1.165) is 16.3 Å². The second-order valence-electron chi connectivity index (χ2n) is 5.23. The Kier molecular flexibility index (Phi) is 4.85. The number of hydrogen-bond acceptors (Lipinski definition) is 5. The fraction of sp³-hybridized carbons (Fsp3) is 0.250. The number of urea groups is 1. The molecule has 3 rings (SSSR count). The molecule has 1 aromatic carbocycles. The van der Waals surface area contributed by atoms with Crippen molar-refractivity contribution in [2.75, 3.05) is 5.32 Å². The lowest BCUT2D eigenvalue weighted by Gasteiger charge is -2.13. The quantitative estimate of drug-likeness (QED) is 0.661. The van der Waals surface area contributed by atoms with E-state index in [9.17, 15) is 4.79 Å². The van der Waals surface area contributed by atoms with Gasteiger partial charge in [0.05, 0.1) is 10.9 Å². The molecule has 0 saturated carbocycles. The third-order valence-corrected chi connectivity index (χ3v) is 4.39. The van der Waals surface area contributed by atoms with E-state index in [2.05, 4.69) is 30.8 Å². The molecule has 0 aliphatic carbocycles. The highest BCUT2D eigenvalue weighted by Crippen LogP contribution is 2.28. The number of benzene rings is 1. The number of nitrogens with one attached hydrogen (secondary N) is 3. The maximum absolute atomic E-state index is 12.2. The van der Waals surface area contributed by atoms with Crippen molar-refractivity contribution in [1.29, 1.82) is 0 Å². The van der Waals surface area contributed by atoms with Crippen molar-refractivity contribution < 1.29 is 4.79 Å². The van der Waals surface area contributed by atoms with Crippen LogP contribution >= 0.6 is 11.3 Å². The smallest absolute Gasteiger partial charge is 0.321 e. The molecule has 2 amide bonds. The number of hydrogen-bond donors (Lipinski definition) is 3. The lowest BCUT2D eigenvalue weighted by molar-refractivity contribution is 0.247. The number of aromatic nitrogens is 4. The van der Waals surface area contributed by atoms with Crippen LogP contribution in [0, 0.1) is 6.92 Å². The van der Waals surface area contributed by atoms with E-state index in [1.807, 2.05) is 44.2 Å². The summed E-state index contributed by atoms with van der Waals surface area (Å²) in [6.07, 6.45) is 2.45. The van der Waals surface area contributed by atoms with Crippen LogP contribution < -0.4 is 10.6 Å². The summed E-state index contributed by atoms with van der Waals surface area (Å²) in [5, 5.41) is 13.1. The van der Waals surface area contributed by atoms with E-state index < -0.39 is 0 Å². The third-order valence-electron chi connectivity index (χ3n) is 3.42. The van der Waals surface area contributed by atoms with Crippen LogP contribution in [0.15, 0.2) is 36.5 Å². The number of carbonyl (C=O) groups is 1. The predicted octanol–water partition coefficient (Wildman–Crippen LogP) is 3.51. The normalized spacial score (nSPS) is 11.9. The van der Waals surface area contributed by atoms with Crippen molar-refractivity contribution in [2.45, 2.75) is 26.3 Å². The lowest BCUT2D eigenvalue weighted by atomic mass is 10.2. The molecule has 0 spiro atoms. The van der Waals surface area contributed by atoms with Gasteiger partial charge < -0.3 is 5.32 Å². The highest BCUT2D eigenvalue weighted by Gasteiger charge is 2.17. The van der Waals surface area contributed by atoms with Gasteiger partial charge in [-0.25, -0.2) is 14.8 Å². The first-order valence-corrected chi connectivity index (χ1v) is 8.45. The average Bonchev–Trinajstić information content (AvgIpc) is 3.22. The number of H-pyrrole nitrogens is 1. The van der Waals surface area contributed by atoms with E-state index in [1.54, 1.807) is 6.20 Å². The van der Waals surface area contributed by atoms with Gasteiger partial charge in [-0.3, -0.25) is 10.4 Å². The van der Waals surface area contributed by atoms with Gasteiger partial charge in [0.15, 0.2) is 11.0 Å². The highest BCUT2D eigenvalue weighted by atomic mass is 32.1. The first-order valence-electron chi connectivity index (χ1n) is 7.63. The molecule has 0 radical (unpaired) electrons. The molecule has 0 bridgehead atoms. The molecular formula is C16H18N6OS. The van der Waals surface area contributed by atoms with Gasteiger partial charge in [-0.05, 0) is 18.9 Å². The summed E-state index contributed by atoms with van der Waals surface area (Å²) >= 11 is 1.43. The maximum Gasteiger partial charge on any atom is 0.321 e. The summed E-state index contributed by atoms with van der Waals surface area (Å²) < 4.78 is 0. The minimum Gasteiger partial charge on any atom is -0.328 e. The Morgan fingerprint density at radius 1 is 1.33 bits per heavy atom. The molecule has 2 aromatic heterocycles. The Morgan fingerprint density at radius 2 is 2.12 bits per heavy atom. The van der Waals surface area contributed by atoms with Crippen molar-refractivity contribution in [3.63, 3.8) is 0 Å². The summed E-state index contributed by atoms with van der Waals surface area (Å²) in [5.74, 6) is 1.30. The van der Waals surface area contributed by atoms with E-state index in [1.165, 1.54) is 11.3 Å². The Balaban J connectivity index is 1.63. The van der Waals surface area contributed by atoms with Crippen molar-refractivity contribution in [1.82, 2.24) is 25.5 Å². The Hall–Kier alpha value is -2.74. The lowest BCUT2D eigenvalue weighted by Crippen LogP contribution is -2.32. The van der Waals surface area contributed by atoms with Crippen molar-refractivity contribution in [3.8, 4) is 10.4 Å². The first-order chi connectivity index (χ1) is 11.7. The standard InChI is InChI=1S/C16H18N6OS/c1-3-12(14-18-10(2)21-22-14)19-15(23)20-16-17-9-13(24-16)11-7-5-4-6-8-11/h4-9,12H,3H2,1-2H3,(H,18,21,22)(H2,17,19,20,23)/t12-/m0/s1. The van der Waals surface area contributed by atoms with E-state index >= 15 is 0 Å². The number of anilines is 1. The zero-order chi connectivity index (χ0) is 16.9. The summed E-state index contributed by atoms with van der Waals surface area (Å²) in [5.41, 5.74) is 1.08. The summed E-state index contributed by atoms with van der Waals surface area (Å²) in [4.78, 5) is 21.7. The molecule has 24 heavy (non-hydrogen) atoms. The Morgan fingerprint density at radius 3 is 2.79 bits per heavy atom. The van der Waals surface area contributed by atoms with Crippen LogP contribution in [0.5, 0.6) is 0 Å². The molecule has 0 saturated heterocycles. The van der Waals surface area contributed by atoms with Gasteiger partial charge in [-0.2, -0.15) is 5.10 Å². The predicted molar refractivity (Wildman–Crippen MR) is 93.9 cm³/mol. The number of aryl methyl sites for hydroxylation is 1. The molecule has 0 fully saturated rings. The zero-order valence-corrected chi connectivity index (χ0v) is 14.2. The van der Waals surface area contributed by atoms with Crippen LogP contribution in [0.3, 0.4) is 0 Å². The Bertz CT molecular complexity index is 813. The highest BCUT2D eigenvalue weighted by molar-refractivity contribution is 7.19. The van der Waals surface area contributed by atoms with Gasteiger partial charge in [0, 0.05) is 6.20 Å². The molecule has 7 nitrogen and oxygen atoms in total. The summed E-state index contributed by atoms with van der Waals surface area (Å²) in [7, 11) is 0. The van der Waals surface area contributed by atoms with Crippen LogP contribution in [0.25, 0.3) is 10.4 Å². The molecule has 0 aliphatic rings. The van der Waals surface area contributed by atoms with Crippen molar-refractivity contribution in [3.05, 3.63) is 48.2 Å². The maximum atomic E-state index is 12.2. The SMILES string of the molecule is CC[C@H](NC(=O)Nc1ncc(-c2ccccc2)s1)c1n[nH]c(C)n1. The van der Waals surface area contributed by atoms with Crippen LogP contribution in [0.4, 0.5) is 9.93 Å². The first kappa shape index (κ1) is 16.1. The number of nitrogens with zero attached hydrogens (tertiary/aromatic N) is 3. The summed E-state index contributed by atoms with van der Waals surface area (Å²) in [6, 6.07) is 9.36. The van der Waals surface area contributed by atoms with E-state index in [4.69, 9.17) is 0 Å². The van der Waals surface area contributed by atoms with Gasteiger partial charge in [0.25, 0.3) is 0 Å². The summed E-state index contributed by atoms with van der Waals surface area (Å²) in [6.45, 7) is 3.79. The third kappa shape index (κ3) is 3.77. The average molecular weight is 342 g/mol. The minimum absolute atomic E-state index is 0.247. The largest absolute Gasteiger partial charge is 0.328 e. The number of thiazole rings is 1. The van der Waals surface area contributed by atoms with Crippen LogP contribution in [0.1, 0.15) is 31.0 Å². The topological polar surface area (TPSA) is 95.6 Å². The van der Waals surface area contributed by atoms with Crippen LogP contribution in [0.2, 0.25) is 0 Å². The van der Waals surface area contributed by atoms with Gasteiger partial charge in [0.2, 0.25) is 0 Å². The van der Waals surface area contributed by atoms with Crippen molar-refractivity contribution >= 4 is 22.5 Å². The molecule has 2 heterocycles. The van der Waals surface area contributed by atoms with E-state index in [0.29, 0.717) is 17.4 Å². The molecule has 1 atom stereocenters. The fourth-order valence-electron chi connectivity index (χ4n) is 2.22. The number of carbonyl (C=O) groups excluding carboxylic acids is 1. The van der Waals surface area contributed by atoms with Gasteiger partial charge in [0.1, 0.15) is 5.82 Å². The molecule has 3 N–H and O–H groups in total. The van der Waals surface area contributed by atoms with E-state index in [-0.39, 0.29) is 12.1 Å². The second-order valence-corrected chi connectivity index (χ2v) is 6.26. The zero-order valence-electron chi connectivity index (χ0n) is 13.4. The van der Waals surface area contributed by atoms with Crippen LogP contribution in [-0.4, -0.2) is 26.2 Å². The minimum atomic E-state index is -0.321. The van der Waals surface area contributed by atoms with Gasteiger partial charge in [-0.15, -0.1) is 0 Å². The number of rotatable bonds is 5. The molecule has 8 heteroatoms. The Labute approximate surface area is 143 Å². The molecule has 0 unspecified atom stereocenters. The van der Waals surface area contributed by atoms with Crippen molar-refractivity contribution in [2.24, 2.45) is 0 Å². The van der Waals surface area contributed by atoms with Gasteiger partial charge in [-0.1, -0.05) is 48.6 Å². The number of amides is 2. The van der Waals surface area contributed by atoms with Gasteiger partial charge >= 0.3 is 6.03 Å². The second kappa shape index (κ2) is 7.22. The number of aromatic amines is 1. The van der Waals surface area contributed by atoms with Crippen LogP contribution in [-0.2, 0) is 0 Å². The molecule has 124 valence electrons. The molecule has 0 aliphatic heterocycles. The monoisotopic (exact) mass is 342 g/mol.